The lowest BCUT2D eigenvalue weighted by Crippen LogP contribution is -2.48. The molecule has 2 aliphatic heterocycles. The molecule has 0 unspecified atom stereocenters. The maximum atomic E-state index is 12.7. The molecule has 2 N–H and O–H groups in total. The molecule has 0 atom stereocenters. The molecular formula is C23H30N4O4S. The lowest BCUT2D eigenvalue weighted by atomic mass is 10.2. The van der Waals surface area contributed by atoms with Gasteiger partial charge in [-0.15, -0.1) is 0 Å². The Labute approximate surface area is 189 Å². The normalized spacial score (nSPS) is 18.4. The van der Waals surface area contributed by atoms with E-state index in [0.29, 0.717) is 18.8 Å². The fourth-order valence-corrected chi connectivity index (χ4v) is 5.71. The molecule has 2 heterocycles. The fourth-order valence-electron chi connectivity index (χ4n) is 4.20. The Hall–Kier alpha value is -2.62. The van der Waals surface area contributed by atoms with Gasteiger partial charge in [-0.25, -0.2) is 8.42 Å². The van der Waals surface area contributed by atoms with Crippen molar-refractivity contribution in [3.05, 3.63) is 48.5 Å². The van der Waals surface area contributed by atoms with E-state index in [0.717, 1.165) is 51.1 Å². The summed E-state index contributed by atoms with van der Waals surface area (Å²) in [6.07, 6.45) is 2.87. The van der Waals surface area contributed by atoms with E-state index in [1.54, 1.807) is 40.7 Å². The van der Waals surface area contributed by atoms with Crippen LogP contribution in [0.5, 0.6) is 5.75 Å². The summed E-state index contributed by atoms with van der Waals surface area (Å²) in [5.41, 5.74) is 1.65. The van der Waals surface area contributed by atoms with Crippen molar-refractivity contribution in [3.8, 4) is 5.75 Å². The van der Waals surface area contributed by atoms with Crippen molar-refractivity contribution in [1.82, 2.24) is 9.21 Å². The predicted octanol–water partition coefficient (Wildman–Crippen LogP) is 2.33. The maximum Gasteiger partial charge on any atom is 0.243 e. The van der Waals surface area contributed by atoms with Gasteiger partial charge < -0.3 is 15.3 Å². The van der Waals surface area contributed by atoms with Gasteiger partial charge in [-0.2, -0.15) is 4.31 Å². The Morgan fingerprint density at radius 1 is 0.844 bits per heavy atom. The second-order valence-corrected chi connectivity index (χ2v) is 10.3. The van der Waals surface area contributed by atoms with E-state index >= 15 is 0 Å². The monoisotopic (exact) mass is 458 g/mol. The molecule has 0 spiro atoms. The largest absolute Gasteiger partial charge is 0.508 e. The van der Waals surface area contributed by atoms with Crippen LogP contribution in [0.25, 0.3) is 0 Å². The molecule has 2 aromatic rings. The van der Waals surface area contributed by atoms with Crippen molar-refractivity contribution in [3.63, 3.8) is 0 Å². The van der Waals surface area contributed by atoms with Crippen LogP contribution in [0.1, 0.15) is 19.3 Å². The van der Waals surface area contributed by atoms with E-state index in [1.165, 1.54) is 0 Å². The molecule has 8 nitrogen and oxygen atoms in total. The zero-order chi connectivity index (χ0) is 22.6. The summed E-state index contributed by atoms with van der Waals surface area (Å²) in [5, 5.41) is 12.3. The molecule has 32 heavy (non-hydrogen) atoms. The lowest BCUT2D eigenvalue weighted by Gasteiger charge is -2.35. The van der Waals surface area contributed by atoms with Crippen LogP contribution in [0.15, 0.2) is 53.4 Å². The Bertz CT molecular complexity index is 1010. The summed E-state index contributed by atoms with van der Waals surface area (Å²) >= 11 is 0. The van der Waals surface area contributed by atoms with E-state index < -0.39 is 10.0 Å². The standard InChI is InChI=1S/C23H30N4O4S/c28-21-8-6-20(7-9-21)26-16-14-25(15-17-26)18-23(29)24-19-4-10-22(11-5-19)32(30,31)27-12-2-1-3-13-27/h4-11,28H,1-3,12-18H2,(H,24,29). The highest BCUT2D eigenvalue weighted by atomic mass is 32.2. The van der Waals surface area contributed by atoms with Gasteiger partial charge in [0.2, 0.25) is 15.9 Å². The number of anilines is 2. The first-order valence-corrected chi connectivity index (χ1v) is 12.5. The van der Waals surface area contributed by atoms with E-state index in [9.17, 15) is 18.3 Å². The number of carbonyl (C=O) groups is 1. The van der Waals surface area contributed by atoms with Crippen molar-refractivity contribution in [1.29, 1.82) is 0 Å². The first-order chi connectivity index (χ1) is 15.4. The molecule has 172 valence electrons. The Balaban J connectivity index is 1.27. The number of piperazine rings is 1. The summed E-state index contributed by atoms with van der Waals surface area (Å²) in [4.78, 5) is 17.1. The van der Waals surface area contributed by atoms with E-state index in [4.69, 9.17) is 0 Å². The van der Waals surface area contributed by atoms with Crippen LogP contribution in [-0.4, -0.2) is 74.4 Å². The number of nitrogens with zero attached hydrogens (tertiary/aromatic N) is 3. The Kier molecular flexibility index (Phi) is 6.98. The van der Waals surface area contributed by atoms with Gasteiger partial charge in [0, 0.05) is 50.6 Å². The zero-order valence-electron chi connectivity index (χ0n) is 18.1. The Morgan fingerprint density at radius 2 is 1.47 bits per heavy atom. The van der Waals surface area contributed by atoms with Crippen molar-refractivity contribution >= 4 is 27.3 Å². The van der Waals surface area contributed by atoms with Gasteiger partial charge in [0.15, 0.2) is 0 Å². The number of aromatic hydroxyl groups is 1. The van der Waals surface area contributed by atoms with Crippen molar-refractivity contribution in [2.75, 3.05) is 56.0 Å². The minimum absolute atomic E-state index is 0.116. The molecule has 0 saturated carbocycles. The molecule has 0 aromatic heterocycles. The third-order valence-electron chi connectivity index (χ3n) is 6.05. The average molecular weight is 459 g/mol. The number of carbonyl (C=O) groups excluding carboxylic acids is 1. The third kappa shape index (κ3) is 5.40. The molecule has 2 fully saturated rings. The van der Waals surface area contributed by atoms with Crippen LogP contribution in [0, 0.1) is 0 Å². The van der Waals surface area contributed by atoms with Crippen LogP contribution in [0.2, 0.25) is 0 Å². The molecule has 2 aliphatic rings. The second kappa shape index (κ2) is 9.89. The molecule has 0 aliphatic carbocycles. The molecule has 9 heteroatoms. The molecule has 2 saturated heterocycles. The van der Waals surface area contributed by atoms with Crippen molar-refractivity contribution < 1.29 is 18.3 Å². The topological polar surface area (TPSA) is 93.2 Å². The molecule has 0 radical (unpaired) electrons. The van der Waals surface area contributed by atoms with Gasteiger partial charge in [0.1, 0.15) is 5.75 Å². The van der Waals surface area contributed by atoms with Crippen LogP contribution < -0.4 is 10.2 Å². The molecular weight excluding hydrogens is 428 g/mol. The number of benzene rings is 2. The Morgan fingerprint density at radius 3 is 2.09 bits per heavy atom. The summed E-state index contributed by atoms with van der Waals surface area (Å²) in [6.45, 7) is 4.57. The summed E-state index contributed by atoms with van der Waals surface area (Å²) in [5.74, 6) is 0.135. The number of nitrogens with one attached hydrogen (secondary N) is 1. The van der Waals surface area contributed by atoms with Gasteiger partial charge in [0.05, 0.1) is 11.4 Å². The first kappa shape index (κ1) is 22.6. The predicted molar refractivity (Wildman–Crippen MR) is 124 cm³/mol. The van der Waals surface area contributed by atoms with Crippen LogP contribution >= 0.6 is 0 Å². The molecule has 0 bridgehead atoms. The maximum absolute atomic E-state index is 12.7. The number of sulfonamides is 1. The number of amides is 1. The van der Waals surface area contributed by atoms with Gasteiger partial charge in [0.25, 0.3) is 0 Å². The summed E-state index contributed by atoms with van der Waals surface area (Å²) in [6, 6.07) is 13.6. The number of piperidine rings is 1. The molecule has 2 aromatic carbocycles. The van der Waals surface area contributed by atoms with E-state index in [1.807, 2.05) is 12.1 Å². The highest BCUT2D eigenvalue weighted by Gasteiger charge is 2.26. The van der Waals surface area contributed by atoms with Gasteiger partial charge in [-0.1, -0.05) is 6.42 Å². The highest BCUT2D eigenvalue weighted by Crippen LogP contribution is 2.22. The van der Waals surface area contributed by atoms with E-state index in [2.05, 4.69) is 15.1 Å². The smallest absolute Gasteiger partial charge is 0.243 e. The first-order valence-electron chi connectivity index (χ1n) is 11.1. The summed E-state index contributed by atoms with van der Waals surface area (Å²) < 4.78 is 27.0. The van der Waals surface area contributed by atoms with Crippen molar-refractivity contribution in [2.45, 2.75) is 24.2 Å². The van der Waals surface area contributed by atoms with Gasteiger partial charge in [-0.3, -0.25) is 9.69 Å². The van der Waals surface area contributed by atoms with Gasteiger partial charge in [-0.05, 0) is 61.4 Å². The molecule has 1 amide bonds. The number of phenolic OH excluding ortho intramolecular Hbond substituents is 1. The SMILES string of the molecule is O=C(CN1CCN(c2ccc(O)cc2)CC1)Nc1ccc(S(=O)(=O)N2CCCCC2)cc1. The second-order valence-electron chi connectivity index (χ2n) is 8.32. The number of rotatable bonds is 6. The number of hydrogen-bond donors (Lipinski definition) is 2. The quantitative estimate of drug-likeness (QED) is 0.690. The lowest BCUT2D eigenvalue weighted by molar-refractivity contribution is -0.117. The number of hydrogen-bond acceptors (Lipinski definition) is 6. The number of phenols is 1. The zero-order valence-corrected chi connectivity index (χ0v) is 18.9. The van der Waals surface area contributed by atoms with E-state index in [-0.39, 0.29) is 23.1 Å². The minimum atomic E-state index is -3.47. The highest BCUT2D eigenvalue weighted by molar-refractivity contribution is 7.89. The summed E-state index contributed by atoms with van der Waals surface area (Å²) in [7, 11) is -3.47. The van der Waals surface area contributed by atoms with Crippen LogP contribution in [-0.2, 0) is 14.8 Å². The van der Waals surface area contributed by atoms with Crippen LogP contribution in [0.3, 0.4) is 0 Å². The van der Waals surface area contributed by atoms with Crippen molar-refractivity contribution in [2.24, 2.45) is 0 Å². The molecule has 4 rings (SSSR count). The van der Waals surface area contributed by atoms with Crippen LogP contribution in [0.4, 0.5) is 11.4 Å². The fraction of sp³-hybridized carbons (Fsp3) is 0.435. The third-order valence-corrected chi connectivity index (χ3v) is 7.96. The van der Waals surface area contributed by atoms with Gasteiger partial charge >= 0.3 is 0 Å². The average Bonchev–Trinajstić information content (AvgIpc) is 2.81. The minimum Gasteiger partial charge on any atom is -0.508 e.